The number of ether oxygens (including phenoxy) is 1. The van der Waals surface area contributed by atoms with E-state index in [0.29, 0.717) is 6.04 Å². The SMILES string of the molecule is C/C=C\C(C)(C)CCC(C)(C)C(=O)OC(C)CC(C)(C)NC(C)C. The lowest BCUT2D eigenvalue weighted by molar-refractivity contribution is -0.160. The van der Waals surface area contributed by atoms with E-state index in [1.54, 1.807) is 0 Å². The molecule has 0 aromatic rings. The van der Waals surface area contributed by atoms with Crippen LogP contribution in [0, 0.1) is 10.8 Å². The van der Waals surface area contributed by atoms with Gasteiger partial charge in [-0.15, -0.1) is 0 Å². The predicted molar refractivity (Wildman–Crippen MR) is 104 cm³/mol. The molecule has 1 N–H and O–H groups in total. The second-order valence-electron chi connectivity index (χ2n) is 9.48. The first-order chi connectivity index (χ1) is 10.7. The Kier molecular flexibility index (Phi) is 8.72. The molecule has 0 saturated carbocycles. The molecule has 0 aliphatic carbocycles. The molecule has 0 amide bonds. The molecule has 0 spiro atoms. The average Bonchev–Trinajstić information content (AvgIpc) is 2.33. The lowest BCUT2D eigenvalue weighted by Gasteiger charge is -2.33. The minimum absolute atomic E-state index is 0.0497. The van der Waals surface area contributed by atoms with Crippen LogP contribution in [0.25, 0.3) is 0 Å². The third-order valence-corrected chi connectivity index (χ3v) is 4.35. The molecule has 0 aliphatic rings. The number of esters is 1. The second kappa shape index (κ2) is 9.03. The normalized spacial score (nSPS) is 15.1. The van der Waals surface area contributed by atoms with E-state index in [9.17, 15) is 4.79 Å². The van der Waals surface area contributed by atoms with Crippen LogP contribution in [0.1, 0.15) is 88.5 Å². The van der Waals surface area contributed by atoms with E-state index in [2.05, 4.69) is 59.0 Å². The number of carbonyl (C=O) groups is 1. The highest BCUT2D eigenvalue weighted by atomic mass is 16.5. The summed E-state index contributed by atoms with van der Waals surface area (Å²) >= 11 is 0. The monoisotopic (exact) mass is 339 g/mol. The molecular weight excluding hydrogens is 298 g/mol. The fourth-order valence-electron chi connectivity index (χ4n) is 3.21. The zero-order valence-corrected chi connectivity index (χ0v) is 17.7. The smallest absolute Gasteiger partial charge is 0.311 e. The minimum Gasteiger partial charge on any atom is -0.462 e. The van der Waals surface area contributed by atoms with Crippen molar-refractivity contribution >= 4 is 5.97 Å². The van der Waals surface area contributed by atoms with E-state index < -0.39 is 5.41 Å². The zero-order chi connectivity index (χ0) is 19.2. The van der Waals surface area contributed by atoms with Gasteiger partial charge in [-0.1, -0.05) is 39.8 Å². The molecule has 1 atom stereocenters. The van der Waals surface area contributed by atoms with Crippen LogP contribution in [0.15, 0.2) is 12.2 Å². The van der Waals surface area contributed by atoms with E-state index in [4.69, 9.17) is 4.74 Å². The number of hydrogen-bond donors (Lipinski definition) is 1. The molecule has 3 heteroatoms. The van der Waals surface area contributed by atoms with Crippen molar-refractivity contribution in [1.82, 2.24) is 5.32 Å². The molecule has 0 fully saturated rings. The van der Waals surface area contributed by atoms with Gasteiger partial charge >= 0.3 is 5.97 Å². The van der Waals surface area contributed by atoms with E-state index >= 15 is 0 Å². The Hall–Kier alpha value is -0.830. The summed E-state index contributed by atoms with van der Waals surface area (Å²) in [6.45, 7) is 21.0. The van der Waals surface area contributed by atoms with E-state index in [1.807, 2.05) is 27.7 Å². The summed E-state index contributed by atoms with van der Waals surface area (Å²) in [5.74, 6) is -0.0911. The molecule has 0 aromatic carbocycles. The topological polar surface area (TPSA) is 38.3 Å². The Morgan fingerprint density at radius 2 is 1.58 bits per heavy atom. The summed E-state index contributed by atoms with van der Waals surface area (Å²) in [5.41, 5.74) is -0.393. The van der Waals surface area contributed by atoms with Crippen molar-refractivity contribution < 1.29 is 9.53 Å². The van der Waals surface area contributed by atoms with Gasteiger partial charge < -0.3 is 10.1 Å². The van der Waals surface area contributed by atoms with Crippen molar-refractivity contribution in [2.45, 2.75) is 106 Å². The Balaban J connectivity index is 4.62. The number of nitrogens with one attached hydrogen (secondary N) is 1. The maximum atomic E-state index is 12.6. The summed E-state index contributed by atoms with van der Waals surface area (Å²) in [6.07, 6.45) is 6.78. The largest absolute Gasteiger partial charge is 0.462 e. The fourth-order valence-corrected chi connectivity index (χ4v) is 3.21. The lowest BCUT2D eigenvalue weighted by Crippen LogP contribution is -2.46. The zero-order valence-electron chi connectivity index (χ0n) is 17.7. The molecule has 0 heterocycles. The highest BCUT2D eigenvalue weighted by Gasteiger charge is 2.33. The molecule has 0 rings (SSSR count). The van der Waals surface area contributed by atoms with Crippen LogP contribution in [0.2, 0.25) is 0 Å². The standard InChI is InChI=1S/C21H41NO2/c1-11-12-19(5,6)13-14-20(7,8)18(23)24-17(4)15-21(9,10)22-16(2)3/h11-12,16-17,22H,13-15H2,1-10H3/b12-11-. The van der Waals surface area contributed by atoms with Crippen LogP contribution in [-0.2, 0) is 9.53 Å². The van der Waals surface area contributed by atoms with E-state index in [-0.39, 0.29) is 23.0 Å². The van der Waals surface area contributed by atoms with Gasteiger partial charge in [0.25, 0.3) is 0 Å². The first kappa shape index (κ1) is 23.2. The van der Waals surface area contributed by atoms with Crippen LogP contribution in [-0.4, -0.2) is 23.7 Å². The number of carbonyl (C=O) groups excluding carboxylic acids is 1. The van der Waals surface area contributed by atoms with Gasteiger partial charge in [-0.3, -0.25) is 4.79 Å². The molecule has 0 aromatic heterocycles. The highest BCUT2D eigenvalue weighted by molar-refractivity contribution is 5.76. The van der Waals surface area contributed by atoms with Crippen molar-refractivity contribution in [3.05, 3.63) is 12.2 Å². The van der Waals surface area contributed by atoms with Crippen LogP contribution < -0.4 is 5.32 Å². The van der Waals surface area contributed by atoms with Crippen LogP contribution in [0.4, 0.5) is 0 Å². The highest BCUT2D eigenvalue weighted by Crippen LogP contribution is 2.33. The van der Waals surface area contributed by atoms with Crippen molar-refractivity contribution in [2.75, 3.05) is 0 Å². The third-order valence-electron chi connectivity index (χ3n) is 4.35. The summed E-state index contributed by atoms with van der Waals surface area (Å²) in [5, 5.41) is 3.52. The van der Waals surface area contributed by atoms with Gasteiger partial charge in [-0.25, -0.2) is 0 Å². The maximum Gasteiger partial charge on any atom is 0.311 e. The first-order valence-electron chi connectivity index (χ1n) is 9.33. The molecular formula is C21H41NO2. The van der Waals surface area contributed by atoms with Crippen molar-refractivity contribution in [3.8, 4) is 0 Å². The molecule has 1 unspecified atom stereocenters. The first-order valence-corrected chi connectivity index (χ1v) is 9.33. The summed E-state index contributed by atoms with van der Waals surface area (Å²) in [7, 11) is 0. The van der Waals surface area contributed by atoms with Crippen molar-refractivity contribution in [2.24, 2.45) is 10.8 Å². The predicted octanol–water partition coefficient (Wildman–Crippen LogP) is 5.49. The van der Waals surface area contributed by atoms with Gasteiger partial charge in [0.15, 0.2) is 0 Å². The molecule has 24 heavy (non-hydrogen) atoms. The van der Waals surface area contributed by atoms with Gasteiger partial charge in [0, 0.05) is 18.0 Å². The summed E-state index contributed by atoms with van der Waals surface area (Å²) in [4.78, 5) is 12.6. The Labute approximate surface area is 150 Å². The summed E-state index contributed by atoms with van der Waals surface area (Å²) < 4.78 is 5.76. The number of allylic oxidation sites excluding steroid dienone is 2. The number of hydrogen-bond acceptors (Lipinski definition) is 3. The lowest BCUT2D eigenvalue weighted by atomic mass is 9.79. The fraction of sp³-hybridized carbons (Fsp3) is 0.857. The number of rotatable bonds is 10. The van der Waals surface area contributed by atoms with Crippen LogP contribution in [0.3, 0.4) is 0 Å². The maximum absolute atomic E-state index is 12.6. The Bertz CT molecular complexity index is 420. The van der Waals surface area contributed by atoms with Gasteiger partial charge in [0.05, 0.1) is 5.41 Å². The Morgan fingerprint density at radius 1 is 1.04 bits per heavy atom. The molecule has 0 saturated heterocycles. The van der Waals surface area contributed by atoms with Gasteiger partial charge in [0.2, 0.25) is 0 Å². The minimum atomic E-state index is -0.456. The van der Waals surface area contributed by atoms with Gasteiger partial charge in [0.1, 0.15) is 6.10 Å². The molecule has 0 aliphatic heterocycles. The third kappa shape index (κ3) is 9.46. The molecule has 142 valence electrons. The quantitative estimate of drug-likeness (QED) is 0.422. The van der Waals surface area contributed by atoms with Crippen LogP contribution in [0.5, 0.6) is 0 Å². The van der Waals surface area contributed by atoms with Crippen molar-refractivity contribution in [1.29, 1.82) is 0 Å². The molecule has 0 bridgehead atoms. The summed E-state index contributed by atoms with van der Waals surface area (Å²) in [6, 6.07) is 0.410. The van der Waals surface area contributed by atoms with Gasteiger partial charge in [-0.05, 0) is 59.8 Å². The second-order valence-corrected chi connectivity index (χ2v) is 9.48. The molecule has 0 radical (unpaired) electrons. The molecule has 3 nitrogen and oxygen atoms in total. The Morgan fingerprint density at radius 3 is 2.04 bits per heavy atom. The van der Waals surface area contributed by atoms with Crippen molar-refractivity contribution in [3.63, 3.8) is 0 Å². The van der Waals surface area contributed by atoms with E-state index in [0.717, 1.165) is 19.3 Å². The van der Waals surface area contributed by atoms with Gasteiger partial charge in [-0.2, -0.15) is 0 Å². The van der Waals surface area contributed by atoms with E-state index in [1.165, 1.54) is 0 Å². The van der Waals surface area contributed by atoms with Crippen LogP contribution >= 0.6 is 0 Å². The average molecular weight is 340 g/mol.